The molecule has 20 heavy (non-hydrogen) atoms. The van der Waals surface area contributed by atoms with Crippen molar-refractivity contribution in [3.63, 3.8) is 0 Å². The lowest BCUT2D eigenvalue weighted by Crippen LogP contribution is -2.06. The van der Waals surface area contributed by atoms with Crippen molar-refractivity contribution in [1.29, 1.82) is 0 Å². The number of ether oxygens (including phenoxy) is 2. The number of esters is 1. The number of carbonyl (C=O) groups is 1. The molecule has 1 aromatic rings. The molecule has 0 spiro atoms. The lowest BCUT2D eigenvalue weighted by Gasteiger charge is -2.04. The van der Waals surface area contributed by atoms with Crippen molar-refractivity contribution < 1.29 is 19.4 Å². The number of aromatic hydroxyl groups is 1. The van der Waals surface area contributed by atoms with Crippen molar-refractivity contribution in [2.75, 3.05) is 13.7 Å². The average Bonchev–Trinajstić information content (AvgIpc) is 3.03. The predicted molar refractivity (Wildman–Crippen MR) is 77.2 cm³/mol. The van der Waals surface area contributed by atoms with Crippen LogP contribution in [0.1, 0.15) is 12.0 Å². The maximum atomic E-state index is 11.5. The van der Waals surface area contributed by atoms with Gasteiger partial charge in [0.05, 0.1) is 13.7 Å². The summed E-state index contributed by atoms with van der Waals surface area (Å²) in [5.41, 5.74) is 0.715. The van der Waals surface area contributed by atoms with Crippen molar-refractivity contribution in [2.45, 2.75) is 10.8 Å². The number of alkyl halides is 2. The van der Waals surface area contributed by atoms with Gasteiger partial charge in [0.15, 0.2) is 11.5 Å². The highest BCUT2D eigenvalue weighted by molar-refractivity contribution is 6.50. The molecule has 1 fully saturated rings. The third kappa shape index (κ3) is 3.81. The van der Waals surface area contributed by atoms with Crippen LogP contribution in [0.25, 0.3) is 6.08 Å². The first-order chi connectivity index (χ1) is 9.42. The number of methoxy groups -OCH3 is 1. The molecule has 0 radical (unpaired) electrons. The third-order valence-corrected chi connectivity index (χ3v) is 3.92. The highest BCUT2D eigenvalue weighted by Crippen LogP contribution is 2.53. The van der Waals surface area contributed by atoms with Crippen LogP contribution in [0, 0.1) is 5.92 Å². The van der Waals surface area contributed by atoms with Crippen LogP contribution in [-0.4, -0.2) is 29.1 Å². The van der Waals surface area contributed by atoms with Crippen LogP contribution in [0.3, 0.4) is 0 Å². The smallest absolute Gasteiger partial charge is 0.330 e. The Morgan fingerprint density at radius 2 is 2.25 bits per heavy atom. The molecule has 0 amide bonds. The van der Waals surface area contributed by atoms with Crippen molar-refractivity contribution in [2.24, 2.45) is 5.92 Å². The Bertz CT molecular complexity index is 540. The maximum absolute atomic E-state index is 11.5. The topological polar surface area (TPSA) is 55.8 Å². The van der Waals surface area contributed by atoms with E-state index in [0.717, 1.165) is 0 Å². The van der Waals surface area contributed by atoms with E-state index in [-0.39, 0.29) is 18.3 Å². The zero-order valence-corrected chi connectivity index (χ0v) is 12.3. The van der Waals surface area contributed by atoms with Gasteiger partial charge in [-0.25, -0.2) is 4.79 Å². The summed E-state index contributed by atoms with van der Waals surface area (Å²) in [5.74, 6) is -0.0703. The molecule has 1 unspecified atom stereocenters. The highest BCUT2D eigenvalue weighted by Gasteiger charge is 2.52. The van der Waals surface area contributed by atoms with Crippen molar-refractivity contribution in [1.82, 2.24) is 0 Å². The minimum Gasteiger partial charge on any atom is -0.504 e. The fraction of sp³-hybridized carbons (Fsp3) is 0.357. The number of halogens is 2. The Morgan fingerprint density at radius 3 is 2.85 bits per heavy atom. The van der Waals surface area contributed by atoms with Gasteiger partial charge in [-0.3, -0.25) is 0 Å². The summed E-state index contributed by atoms with van der Waals surface area (Å²) in [7, 11) is 1.46. The standard InChI is InChI=1S/C14H14Cl2O4/c1-19-12-6-9(2-4-11(12)17)3-5-13(18)20-8-10-7-14(10,15)16/h2-6,10,17H,7-8H2,1H3/b5-3+. The molecular formula is C14H14Cl2O4. The molecule has 0 bridgehead atoms. The quantitative estimate of drug-likeness (QED) is 0.515. The van der Waals surface area contributed by atoms with Gasteiger partial charge in [0.25, 0.3) is 0 Å². The predicted octanol–water partition coefficient (Wildman–Crippen LogP) is 3.15. The zero-order chi connectivity index (χ0) is 14.8. The monoisotopic (exact) mass is 316 g/mol. The average molecular weight is 317 g/mol. The molecular weight excluding hydrogens is 303 g/mol. The van der Waals surface area contributed by atoms with Crippen LogP contribution in [0.4, 0.5) is 0 Å². The number of phenolic OH excluding ortho intramolecular Hbond substituents is 1. The molecule has 0 saturated heterocycles. The largest absolute Gasteiger partial charge is 0.504 e. The van der Waals surface area contributed by atoms with Gasteiger partial charge in [-0.2, -0.15) is 0 Å². The summed E-state index contributed by atoms with van der Waals surface area (Å²) < 4.78 is 9.26. The molecule has 6 heteroatoms. The van der Waals surface area contributed by atoms with Crippen LogP contribution in [0.15, 0.2) is 24.3 Å². The highest BCUT2D eigenvalue weighted by atomic mass is 35.5. The Balaban J connectivity index is 1.87. The molecule has 1 aliphatic rings. The summed E-state index contributed by atoms with van der Waals surface area (Å²) in [4.78, 5) is 11.5. The molecule has 1 N–H and O–H groups in total. The van der Waals surface area contributed by atoms with E-state index in [4.69, 9.17) is 32.7 Å². The number of benzene rings is 1. The fourth-order valence-electron chi connectivity index (χ4n) is 1.64. The summed E-state index contributed by atoms with van der Waals surface area (Å²) in [6, 6.07) is 4.76. The van der Waals surface area contributed by atoms with Crippen LogP contribution in [-0.2, 0) is 9.53 Å². The van der Waals surface area contributed by atoms with Crippen LogP contribution >= 0.6 is 23.2 Å². The van der Waals surface area contributed by atoms with Crippen molar-refractivity contribution in [3.8, 4) is 11.5 Å². The minimum atomic E-state index is -0.742. The lowest BCUT2D eigenvalue weighted by atomic mass is 10.2. The number of hydrogen-bond acceptors (Lipinski definition) is 4. The van der Waals surface area contributed by atoms with E-state index in [1.807, 2.05) is 0 Å². The van der Waals surface area contributed by atoms with E-state index in [1.165, 1.54) is 19.3 Å². The summed E-state index contributed by atoms with van der Waals surface area (Å²) in [6.07, 6.45) is 3.52. The van der Waals surface area contributed by atoms with Crippen LogP contribution < -0.4 is 4.74 Å². The van der Waals surface area contributed by atoms with Gasteiger partial charge in [-0.1, -0.05) is 6.07 Å². The molecule has 2 rings (SSSR count). The van der Waals surface area contributed by atoms with Gasteiger partial charge in [0.1, 0.15) is 4.33 Å². The van der Waals surface area contributed by atoms with Crippen LogP contribution in [0.2, 0.25) is 0 Å². The van der Waals surface area contributed by atoms with Gasteiger partial charge < -0.3 is 14.6 Å². The molecule has 1 atom stereocenters. The van der Waals surface area contributed by atoms with Gasteiger partial charge in [-0.05, 0) is 30.2 Å². The molecule has 0 heterocycles. The molecule has 1 aromatic carbocycles. The second-order valence-electron chi connectivity index (χ2n) is 4.56. The lowest BCUT2D eigenvalue weighted by molar-refractivity contribution is -0.138. The van der Waals surface area contributed by atoms with Gasteiger partial charge in [-0.15, -0.1) is 23.2 Å². The fourth-order valence-corrected chi connectivity index (χ4v) is 2.14. The molecule has 1 aliphatic carbocycles. The van der Waals surface area contributed by atoms with E-state index in [0.29, 0.717) is 17.7 Å². The zero-order valence-electron chi connectivity index (χ0n) is 10.8. The van der Waals surface area contributed by atoms with E-state index in [1.54, 1.807) is 18.2 Å². The summed E-state index contributed by atoms with van der Waals surface area (Å²) in [6.45, 7) is 0.217. The molecule has 1 saturated carbocycles. The van der Waals surface area contributed by atoms with E-state index >= 15 is 0 Å². The van der Waals surface area contributed by atoms with Gasteiger partial charge in [0, 0.05) is 12.0 Å². The number of rotatable bonds is 5. The normalized spacial score (nSPS) is 19.9. The van der Waals surface area contributed by atoms with Crippen LogP contribution in [0.5, 0.6) is 11.5 Å². The first-order valence-corrected chi connectivity index (χ1v) is 6.77. The van der Waals surface area contributed by atoms with Gasteiger partial charge in [0.2, 0.25) is 0 Å². The number of hydrogen-bond donors (Lipinski definition) is 1. The summed E-state index contributed by atoms with van der Waals surface area (Å²) >= 11 is 11.7. The second-order valence-corrected chi connectivity index (χ2v) is 6.10. The van der Waals surface area contributed by atoms with Crippen molar-refractivity contribution >= 4 is 35.2 Å². The van der Waals surface area contributed by atoms with E-state index < -0.39 is 10.3 Å². The molecule has 0 aliphatic heterocycles. The molecule has 0 aromatic heterocycles. The third-order valence-electron chi connectivity index (χ3n) is 3.00. The first kappa shape index (κ1) is 15.0. The minimum absolute atomic E-state index is 0.0111. The molecule has 4 nitrogen and oxygen atoms in total. The SMILES string of the molecule is COc1cc(/C=C/C(=O)OCC2CC2(Cl)Cl)ccc1O. The van der Waals surface area contributed by atoms with E-state index in [2.05, 4.69) is 0 Å². The first-order valence-electron chi connectivity index (χ1n) is 6.02. The maximum Gasteiger partial charge on any atom is 0.330 e. The van der Waals surface area contributed by atoms with E-state index in [9.17, 15) is 9.90 Å². The van der Waals surface area contributed by atoms with Crippen molar-refractivity contribution in [3.05, 3.63) is 29.8 Å². The Labute approximate surface area is 126 Å². The Kier molecular flexibility index (Phi) is 4.45. The second kappa shape index (κ2) is 5.94. The Hall–Kier alpha value is -1.39. The summed E-state index contributed by atoms with van der Waals surface area (Å²) in [5, 5.41) is 9.45. The molecule has 108 valence electrons. The Morgan fingerprint density at radius 1 is 1.55 bits per heavy atom. The number of phenols is 1. The van der Waals surface area contributed by atoms with Gasteiger partial charge >= 0.3 is 5.97 Å². The number of carbonyl (C=O) groups excluding carboxylic acids is 1.